The molecule has 0 saturated heterocycles. The van der Waals surface area contributed by atoms with E-state index in [1.807, 2.05) is 0 Å². The summed E-state index contributed by atoms with van der Waals surface area (Å²) < 4.78 is 38.8. The summed E-state index contributed by atoms with van der Waals surface area (Å²) in [6.45, 7) is -0.503. The number of aliphatic carboxylic acids is 1. The second-order valence-corrected chi connectivity index (χ2v) is 3.05. The van der Waals surface area contributed by atoms with Crippen LogP contribution in [0.25, 0.3) is 0 Å². The van der Waals surface area contributed by atoms with E-state index in [2.05, 4.69) is 0 Å². The van der Waals surface area contributed by atoms with Crippen LogP contribution in [0.5, 0.6) is 5.75 Å². The van der Waals surface area contributed by atoms with Gasteiger partial charge in [-0.25, -0.2) is 8.78 Å². The Morgan fingerprint density at radius 1 is 1.38 bits per heavy atom. The third-order valence-electron chi connectivity index (χ3n) is 2.07. The molecule has 7 heteroatoms. The molecule has 0 aliphatic heterocycles. The Kier molecular flexibility index (Phi) is 3.38. The summed E-state index contributed by atoms with van der Waals surface area (Å²) in [6.07, 6.45) is 0. The van der Waals surface area contributed by atoms with Gasteiger partial charge in [0.2, 0.25) is 5.82 Å². The summed E-state index contributed by atoms with van der Waals surface area (Å²) in [6, 6.07) is 0.371. The molecule has 1 atom stereocenters. The van der Waals surface area contributed by atoms with Gasteiger partial charge in [-0.15, -0.1) is 0 Å². The molecule has 0 heterocycles. The lowest BCUT2D eigenvalue weighted by Crippen LogP contribution is -2.22. The number of rotatable bonds is 3. The smallest absolute Gasteiger partial charge is 0.312 e. The molecule has 1 aromatic carbocycles. The van der Waals surface area contributed by atoms with E-state index in [4.69, 9.17) is 15.9 Å². The van der Waals surface area contributed by atoms with Crippen molar-refractivity contribution in [2.24, 2.45) is 5.73 Å². The van der Waals surface area contributed by atoms with E-state index >= 15 is 0 Å². The maximum Gasteiger partial charge on any atom is 0.312 e. The van der Waals surface area contributed by atoms with Gasteiger partial charge in [-0.3, -0.25) is 4.79 Å². The summed E-state index contributed by atoms with van der Waals surface area (Å²) in [5, 5.41) is 17.5. The molecule has 4 nitrogen and oxygen atoms in total. The second-order valence-electron chi connectivity index (χ2n) is 3.05. The first-order valence-electron chi connectivity index (χ1n) is 4.19. The van der Waals surface area contributed by atoms with Gasteiger partial charge in [0.15, 0.2) is 17.4 Å². The number of nitrogens with two attached hydrogens (primary N) is 1. The highest BCUT2D eigenvalue weighted by Crippen LogP contribution is 2.30. The Labute approximate surface area is 88.1 Å². The highest BCUT2D eigenvalue weighted by Gasteiger charge is 2.27. The van der Waals surface area contributed by atoms with Crippen LogP contribution < -0.4 is 5.73 Å². The minimum atomic E-state index is -1.76. The third kappa shape index (κ3) is 1.94. The van der Waals surface area contributed by atoms with Crippen molar-refractivity contribution >= 4 is 5.97 Å². The fourth-order valence-corrected chi connectivity index (χ4v) is 1.22. The molecular formula is C9H8F3NO3. The van der Waals surface area contributed by atoms with Crippen molar-refractivity contribution in [3.05, 3.63) is 29.1 Å². The Morgan fingerprint density at radius 3 is 2.38 bits per heavy atom. The molecule has 88 valence electrons. The highest BCUT2D eigenvalue weighted by molar-refractivity contribution is 5.76. The number of hydrogen-bond donors (Lipinski definition) is 3. The van der Waals surface area contributed by atoms with Gasteiger partial charge in [-0.05, 0) is 6.07 Å². The molecule has 0 aliphatic rings. The van der Waals surface area contributed by atoms with Crippen LogP contribution in [-0.2, 0) is 4.79 Å². The number of halogens is 3. The van der Waals surface area contributed by atoms with Gasteiger partial charge in [0.05, 0.1) is 5.92 Å². The molecule has 0 amide bonds. The fraction of sp³-hybridized carbons (Fsp3) is 0.222. The second kappa shape index (κ2) is 4.40. The molecule has 0 radical (unpaired) electrons. The molecule has 16 heavy (non-hydrogen) atoms. The molecule has 0 spiro atoms. The zero-order chi connectivity index (χ0) is 12.5. The summed E-state index contributed by atoms with van der Waals surface area (Å²) in [7, 11) is 0. The Morgan fingerprint density at radius 2 is 1.94 bits per heavy atom. The lowest BCUT2D eigenvalue weighted by molar-refractivity contribution is -0.138. The van der Waals surface area contributed by atoms with Crippen LogP contribution in [0.4, 0.5) is 13.2 Å². The number of carbonyl (C=O) groups is 1. The van der Waals surface area contributed by atoms with Gasteiger partial charge < -0.3 is 15.9 Å². The SMILES string of the molecule is NCC(C(=O)O)c1cc(F)c(F)c(O)c1F. The predicted octanol–water partition coefficient (Wildman–Crippen LogP) is 0.936. The van der Waals surface area contributed by atoms with E-state index in [0.717, 1.165) is 0 Å². The van der Waals surface area contributed by atoms with Crippen LogP contribution in [-0.4, -0.2) is 22.7 Å². The number of carboxylic acid groups (broad SMARTS) is 1. The van der Waals surface area contributed by atoms with E-state index in [1.54, 1.807) is 0 Å². The normalized spacial score (nSPS) is 12.5. The van der Waals surface area contributed by atoms with Crippen molar-refractivity contribution < 1.29 is 28.2 Å². The van der Waals surface area contributed by atoms with E-state index in [1.165, 1.54) is 0 Å². The topological polar surface area (TPSA) is 83.6 Å². The molecule has 0 aromatic heterocycles. The maximum atomic E-state index is 13.3. The first-order chi connectivity index (χ1) is 7.40. The minimum absolute atomic E-state index is 0.371. The van der Waals surface area contributed by atoms with E-state index in [9.17, 15) is 18.0 Å². The van der Waals surface area contributed by atoms with Crippen molar-refractivity contribution in [3.63, 3.8) is 0 Å². The average molecular weight is 235 g/mol. The van der Waals surface area contributed by atoms with Crippen molar-refractivity contribution in [2.45, 2.75) is 5.92 Å². The Bertz CT molecular complexity index is 436. The molecular weight excluding hydrogens is 227 g/mol. The summed E-state index contributed by atoms with van der Waals surface area (Å²) in [5.74, 6) is -9.39. The largest absolute Gasteiger partial charge is 0.503 e. The molecule has 0 fully saturated rings. The molecule has 0 bridgehead atoms. The van der Waals surface area contributed by atoms with Crippen LogP contribution in [0, 0.1) is 17.5 Å². The molecule has 1 aromatic rings. The first-order valence-corrected chi connectivity index (χ1v) is 4.19. The van der Waals surface area contributed by atoms with Gasteiger partial charge in [0.25, 0.3) is 0 Å². The third-order valence-corrected chi connectivity index (χ3v) is 2.07. The quantitative estimate of drug-likeness (QED) is 0.680. The lowest BCUT2D eigenvalue weighted by Gasteiger charge is -2.12. The summed E-state index contributed by atoms with van der Waals surface area (Å²) in [5.41, 5.74) is 4.38. The average Bonchev–Trinajstić information content (AvgIpc) is 2.23. The van der Waals surface area contributed by atoms with E-state index < -0.39 is 47.2 Å². The fourth-order valence-electron chi connectivity index (χ4n) is 1.22. The molecule has 1 unspecified atom stereocenters. The summed E-state index contributed by atoms with van der Waals surface area (Å²) in [4.78, 5) is 10.6. The van der Waals surface area contributed by atoms with Crippen LogP contribution in [0.3, 0.4) is 0 Å². The Balaban J connectivity index is 3.39. The van der Waals surface area contributed by atoms with Crippen LogP contribution in [0.15, 0.2) is 6.07 Å². The van der Waals surface area contributed by atoms with Gasteiger partial charge >= 0.3 is 5.97 Å². The highest BCUT2D eigenvalue weighted by atomic mass is 19.2. The lowest BCUT2D eigenvalue weighted by atomic mass is 9.98. The zero-order valence-electron chi connectivity index (χ0n) is 7.88. The molecule has 0 aliphatic carbocycles. The Hall–Kier alpha value is -1.76. The maximum absolute atomic E-state index is 13.3. The monoisotopic (exact) mass is 235 g/mol. The van der Waals surface area contributed by atoms with Crippen LogP contribution in [0.1, 0.15) is 11.5 Å². The van der Waals surface area contributed by atoms with Gasteiger partial charge in [-0.1, -0.05) is 0 Å². The summed E-state index contributed by atoms with van der Waals surface area (Å²) >= 11 is 0. The van der Waals surface area contributed by atoms with E-state index in [-0.39, 0.29) is 0 Å². The van der Waals surface area contributed by atoms with Crippen molar-refractivity contribution in [3.8, 4) is 5.75 Å². The number of phenols is 1. The van der Waals surface area contributed by atoms with Crippen LogP contribution >= 0.6 is 0 Å². The predicted molar refractivity (Wildman–Crippen MR) is 47.4 cm³/mol. The van der Waals surface area contributed by atoms with Gasteiger partial charge in [0.1, 0.15) is 0 Å². The van der Waals surface area contributed by atoms with E-state index in [0.29, 0.717) is 6.07 Å². The molecule has 0 saturated carbocycles. The first kappa shape index (κ1) is 12.3. The number of hydrogen-bond acceptors (Lipinski definition) is 3. The standard InChI is InChI=1S/C9H8F3NO3/c10-5-1-3(4(2-13)9(15)16)6(11)8(14)7(5)12/h1,4,14H,2,13H2,(H,15,16). The minimum Gasteiger partial charge on any atom is -0.503 e. The van der Waals surface area contributed by atoms with Gasteiger partial charge in [0, 0.05) is 12.1 Å². The van der Waals surface area contributed by atoms with Crippen molar-refractivity contribution in [2.75, 3.05) is 6.54 Å². The molecule has 1 rings (SSSR count). The molecule has 4 N–H and O–H groups in total. The number of phenolic OH excluding ortho intramolecular Hbond substituents is 1. The van der Waals surface area contributed by atoms with Crippen molar-refractivity contribution in [1.82, 2.24) is 0 Å². The number of benzene rings is 1. The number of aromatic hydroxyl groups is 1. The van der Waals surface area contributed by atoms with Crippen molar-refractivity contribution in [1.29, 1.82) is 0 Å². The van der Waals surface area contributed by atoms with Gasteiger partial charge in [-0.2, -0.15) is 4.39 Å². The van der Waals surface area contributed by atoms with Crippen LogP contribution in [0.2, 0.25) is 0 Å². The number of carboxylic acids is 1. The zero-order valence-corrected chi connectivity index (χ0v) is 7.88.